The molecule has 11 heavy (non-hydrogen) atoms. The molecule has 0 bridgehead atoms. The molecule has 66 valence electrons. The molecule has 0 radical (unpaired) electrons. The highest BCUT2D eigenvalue weighted by atomic mass is 18.2. The lowest BCUT2D eigenvalue weighted by Gasteiger charge is -2.15. The maximum atomic E-state index is 11.6. The first-order chi connectivity index (χ1) is 4.98. The van der Waals surface area contributed by atoms with E-state index in [2.05, 4.69) is 0 Å². The Hall–Kier alpha value is -0.400. The number of carbonyl (C=O) groups is 1. The van der Waals surface area contributed by atoms with Gasteiger partial charge in [0.05, 0.1) is 6.67 Å². The summed E-state index contributed by atoms with van der Waals surface area (Å²) in [4.78, 5) is 11.2. The van der Waals surface area contributed by atoms with Gasteiger partial charge in [-0.25, -0.2) is 0 Å². The number of hydrogen-bond donors (Lipinski definition) is 0. The van der Waals surface area contributed by atoms with Crippen molar-refractivity contribution >= 4 is 5.78 Å². The van der Waals surface area contributed by atoms with Gasteiger partial charge in [0.1, 0.15) is 5.78 Å². The molecule has 0 aliphatic carbocycles. The Labute approximate surface area is 68.0 Å². The van der Waals surface area contributed by atoms with Gasteiger partial charge in [-0.05, 0) is 12.8 Å². The summed E-state index contributed by atoms with van der Waals surface area (Å²) in [5.74, 6) is 0.228. The normalized spacial score (nSPS) is 11.6. The van der Waals surface area contributed by atoms with Crippen LogP contribution in [0, 0.1) is 5.41 Å². The van der Waals surface area contributed by atoms with Gasteiger partial charge in [0, 0.05) is 11.8 Å². The van der Waals surface area contributed by atoms with Crippen LogP contribution in [0.15, 0.2) is 0 Å². The van der Waals surface area contributed by atoms with Crippen molar-refractivity contribution in [3.63, 3.8) is 0 Å². The first kappa shape index (κ1) is 10.6. The molecule has 0 aromatic heterocycles. The molecule has 0 atom stereocenters. The predicted molar refractivity (Wildman–Crippen MR) is 44.3 cm³/mol. The summed E-state index contributed by atoms with van der Waals surface area (Å²) in [5.41, 5.74) is -0.254. The number of rotatable bonds is 4. The molecule has 1 nitrogen and oxygen atoms in total. The van der Waals surface area contributed by atoms with Crippen LogP contribution in [0.1, 0.15) is 40.0 Å². The van der Waals surface area contributed by atoms with E-state index in [1.54, 1.807) is 0 Å². The highest BCUT2D eigenvalue weighted by Crippen LogP contribution is 2.17. The summed E-state index contributed by atoms with van der Waals surface area (Å²) < 4.78 is 11.6. The Kier molecular flexibility index (Phi) is 4.31. The van der Waals surface area contributed by atoms with Crippen LogP contribution in [-0.2, 0) is 4.79 Å². The highest BCUT2D eigenvalue weighted by Gasteiger charge is 2.19. The zero-order valence-corrected chi connectivity index (χ0v) is 7.61. The maximum Gasteiger partial charge on any atom is 0.138 e. The van der Waals surface area contributed by atoms with E-state index >= 15 is 0 Å². The van der Waals surface area contributed by atoms with Crippen molar-refractivity contribution < 1.29 is 9.18 Å². The Morgan fingerprint density at radius 1 is 1.27 bits per heavy atom. The fraction of sp³-hybridized carbons (Fsp3) is 0.889. The largest absolute Gasteiger partial charge is 0.299 e. The number of carbonyl (C=O) groups excluding carboxylic acids is 1. The Morgan fingerprint density at radius 2 is 1.82 bits per heavy atom. The first-order valence-electron chi connectivity index (χ1n) is 4.07. The van der Waals surface area contributed by atoms with Gasteiger partial charge in [-0.15, -0.1) is 0 Å². The first-order valence-corrected chi connectivity index (χ1v) is 4.07. The molecule has 0 aliphatic rings. The van der Waals surface area contributed by atoms with Crippen molar-refractivity contribution in [3.05, 3.63) is 0 Å². The van der Waals surface area contributed by atoms with E-state index < -0.39 is 0 Å². The quantitative estimate of drug-likeness (QED) is 0.576. The second-order valence-electron chi connectivity index (χ2n) is 3.82. The Balaban J connectivity index is 3.54. The predicted octanol–water partition coefficient (Wildman–Crippen LogP) is 2.74. The molecule has 0 rings (SSSR count). The van der Waals surface area contributed by atoms with Gasteiger partial charge < -0.3 is 0 Å². The van der Waals surface area contributed by atoms with E-state index in [4.69, 9.17) is 0 Å². The molecule has 0 spiro atoms. The monoisotopic (exact) mass is 159 g/mol. The number of ketones is 1. The van der Waals surface area contributed by atoms with Gasteiger partial charge in [-0.1, -0.05) is 20.8 Å². The molecular weight excluding hydrogens is 142 g/mol. The second-order valence-corrected chi connectivity index (χ2v) is 3.82. The molecule has 0 saturated heterocycles. The fourth-order valence-corrected chi connectivity index (χ4v) is 0.755. The van der Waals surface area contributed by atoms with Crippen LogP contribution in [-0.4, -0.2) is 12.5 Å². The lowest BCUT2D eigenvalue weighted by atomic mass is 9.88. The molecule has 0 aromatic carbocycles. The molecule has 0 saturated carbocycles. The molecule has 0 N–H and O–H groups in total. The van der Waals surface area contributed by atoms with E-state index in [9.17, 15) is 9.18 Å². The minimum absolute atomic E-state index is 0.228. The summed E-state index contributed by atoms with van der Waals surface area (Å²) in [5, 5.41) is 0. The maximum absolute atomic E-state index is 11.6. The Morgan fingerprint density at radius 3 is 2.18 bits per heavy atom. The number of halogens is 1. The summed E-state index contributed by atoms with van der Waals surface area (Å²) in [6.45, 7) is 5.37. The second kappa shape index (κ2) is 4.47. The minimum Gasteiger partial charge on any atom is -0.299 e. The van der Waals surface area contributed by atoms with Crippen LogP contribution in [0.25, 0.3) is 0 Å². The third-order valence-corrected chi connectivity index (χ3v) is 1.62. The molecule has 0 fully saturated rings. The zero-order chi connectivity index (χ0) is 8.91. The molecule has 0 heterocycles. The highest BCUT2D eigenvalue weighted by molar-refractivity contribution is 5.83. The van der Waals surface area contributed by atoms with Crippen molar-refractivity contribution in [2.24, 2.45) is 5.41 Å². The molecule has 0 aliphatic heterocycles. The topological polar surface area (TPSA) is 17.1 Å². The number of Topliss-reactive ketones (excluding diaryl/α,β-unsaturated/α-hetero) is 1. The van der Waals surface area contributed by atoms with Gasteiger partial charge >= 0.3 is 0 Å². The summed E-state index contributed by atoms with van der Waals surface area (Å²) in [7, 11) is 0. The van der Waals surface area contributed by atoms with E-state index in [0.29, 0.717) is 19.3 Å². The average molecular weight is 159 g/mol. The van der Waals surface area contributed by atoms with Crippen molar-refractivity contribution in [2.75, 3.05) is 6.67 Å². The van der Waals surface area contributed by atoms with Gasteiger partial charge in [-0.3, -0.25) is 9.18 Å². The molecule has 0 unspecified atom stereocenters. The van der Waals surface area contributed by atoms with Crippen LogP contribution in [0.3, 0.4) is 0 Å². The van der Waals surface area contributed by atoms with Crippen LogP contribution < -0.4 is 0 Å². The summed E-state index contributed by atoms with van der Waals surface area (Å²) in [6, 6.07) is 0. The lowest BCUT2D eigenvalue weighted by molar-refractivity contribution is -0.126. The van der Waals surface area contributed by atoms with Gasteiger partial charge in [0.2, 0.25) is 0 Å². The van der Waals surface area contributed by atoms with Gasteiger partial charge in [0.25, 0.3) is 0 Å². The van der Waals surface area contributed by atoms with Crippen molar-refractivity contribution in [2.45, 2.75) is 40.0 Å². The third kappa shape index (κ3) is 4.93. The van der Waals surface area contributed by atoms with Crippen molar-refractivity contribution in [3.8, 4) is 0 Å². The van der Waals surface area contributed by atoms with E-state index in [-0.39, 0.29) is 17.9 Å². The lowest BCUT2D eigenvalue weighted by Crippen LogP contribution is -2.19. The fourth-order valence-electron chi connectivity index (χ4n) is 0.755. The van der Waals surface area contributed by atoms with Crippen molar-refractivity contribution in [1.82, 2.24) is 0 Å². The van der Waals surface area contributed by atoms with Crippen LogP contribution in [0.4, 0.5) is 4.39 Å². The number of hydrogen-bond acceptors (Lipinski definition) is 1. The van der Waals surface area contributed by atoms with E-state index in [1.807, 2.05) is 20.8 Å². The SMILES string of the molecule is CC(C)(C)C(=O)CCCC[18F]. The average Bonchev–Trinajstić information content (AvgIpc) is 1.86. The molecule has 0 amide bonds. The molecule has 0 aromatic rings. The van der Waals surface area contributed by atoms with E-state index in [1.165, 1.54) is 0 Å². The molecule has 2 heteroatoms. The summed E-state index contributed by atoms with van der Waals surface area (Å²) in [6.07, 6.45) is 1.72. The minimum atomic E-state index is -0.308. The number of alkyl halides is 1. The molecular formula is C9H17FO. The zero-order valence-electron chi connectivity index (χ0n) is 7.61. The van der Waals surface area contributed by atoms with Crippen LogP contribution >= 0.6 is 0 Å². The van der Waals surface area contributed by atoms with Crippen LogP contribution in [0.5, 0.6) is 0 Å². The van der Waals surface area contributed by atoms with Gasteiger partial charge in [-0.2, -0.15) is 0 Å². The van der Waals surface area contributed by atoms with Crippen molar-refractivity contribution in [1.29, 1.82) is 0 Å². The standard InChI is InChI=1S/C9H17FO/c1-9(2,3)8(11)6-4-5-7-10/h4-7H2,1-3H3/i10-1. The van der Waals surface area contributed by atoms with Crippen LogP contribution in [0.2, 0.25) is 0 Å². The number of unbranched alkanes of at least 4 members (excludes halogenated alkanes) is 1. The van der Waals surface area contributed by atoms with E-state index in [0.717, 1.165) is 0 Å². The summed E-state index contributed by atoms with van der Waals surface area (Å²) >= 11 is 0. The van der Waals surface area contributed by atoms with Gasteiger partial charge in [0.15, 0.2) is 0 Å². The smallest absolute Gasteiger partial charge is 0.138 e. The third-order valence-electron chi connectivity index (χ3n) is 1.62. The Bertz CT molecular complexity index is 124.